The normalized spacial score (nSPS) is 10.3. The molecular formula is C15H13BrO4. The molecule has 104 valence electrons. The topological polar surface area (TPSA) is 52.6 Å². The molecule has 0 aromatic heterocycles. The van der Waals surface area contributed by atoms with Crippen LogP contribution in [0.25, 0.3) is 10.8 Å². The van der Waals surface area contributed by atoms with Gasteiger partial charge in [0.25, 0.3) is 5.78 Å². The molecule has 2 aromatic carbocycles. The summed E-state index contributed by atoms with van der Waals surface area (Å²) in [6.07, 6.45) is 0. The Morgan fingerprint density at radius 3 is 2.60 bits per heavy atom. The smallest absolute Gasteiger partial charge is 0.379 e. The van der Waals surface area contributed by atoms with Crippen LogP contribution in [0.15, 0.2) is 34.8 Å². The van der Waals surface area contributed by atoms with E-state index in [0.29, 0.717) is 11.1 Å². The molecular weight excluding hydrogens is 324 g/mol. The highest BCUT2D eigenvalue weighted by Gasteiger charge is 2.24. The fourth-order valence-electron chi connectivity index (χ4n) is 1.98. The predicted octanol–water partition coefficient (Wildman–Crippen LogP) is 3.36. The third-order valence-corrected chi connectivity index (χ3v) is 3.34. The van der Waals surface area contributed by atoms with Crippen LogP contribution in [-0.4, -0.2) is 25.5 Å². The van der Waals surface area contributed by atoms with Crippen LogP contribution in [0, 0.1) is 0 Å². The van der Waals surface area contributed by atoms with Gasteiger partial charge in [0, 0.05) is 4.47 Å². The van der Waals surface area contributed by atoms with Crippen LogP contribution >= 0.6 is 15.9 Å². The first-order valence-corrected chi connectivity index (χ1v) is 6.85. The maximum atomic E-state index is 12.2. The molecule has 0 aliphatic heterocycles. The number of ketones is 1. The van der Waals surface area contributed by atoms with Gasteiger partial charge in [0.05, 0.1) is 19.3 Å². The quantitative estimate of drug-likeness (QED) is 0.488. The summed E-state index contributed by atoms with van der Waals surface area (Å²) in [4.78, 5) is 23.9. The number of hydrogen-bond acceptors (Lipinski definition) is 4. The molecule has 0 bridgehead atoms. The van der Waals surface area contributed by atoms with E-state index in [1.807, 2.05) is 18.2 Å². The molecule has 0 atom stereocenters. The lowest BCUT2D eigenvalue weighted by atomic mass is 10.00. The Hall–Kier alpha value is -1.88. The Kier molecular flexibility index (Phi) is 4.39. The van der Waals surface area contributed by atoms with Crippen molar-refractivity contribution < 1.29 is 19.1 Å². The summed E-state index contributed by atoms with van der Waals surface area (Å²) in [5, 5.41) is 1.50. The highest BCUT2D eigenvalue weighted by molar-refractivity contribution is 9.10. The predicted molar refractivity (Wildman–Crippen MR) is 79.2 cm³/mol. The number of fused-ring (bicyclic) bond motifs is 1. The second-order valence-electron chi connectivity index (χ2n) is 4.06. The van der Waals surface area contributed by atoms with Gasteiger partial charge in [-0.3, -0.25) is 4.79 Å². The monoisotopic (exact) mass is 336 g/mol. The van der Waals surface area contributed by atoms with Gasteiger partial charge < -0.3 is 9.47 Å². The molecule has 0 N–H and O–H groups in total. The van der Waals surface area contributed by atoms with Crippen LogP contribution < -0.4 is 4.74 Å². The fraction of sp³-hybridized carbons (Fsp3) is 0.200. The van der Waals surface area contributed by atoms with Crippen LogP contribution in [0.4, 0.5) is 0 Å². The molecule has 0 aliphatic carbocycles. The Morgan fingerprint density at radius 2 is 1.95 bits per heavy atom. The average molecular weight is 337 g/mol. The van der Waals surface area contributed by atoms with Crippen LogP contribution in [-0.2, 0) is 9.53 Å². The van der Waals surface area contributed by atoms with Gasteiger partial charge in [-0.25, -0.2) is 4.79 Å². The largest absolute Gasteiger partial charge is 0.496 e. The lowest BCUT2D eigenvalue weighted by Crippen LogP contribution is -2.18. The van der Waals surface area contributed by atoms with Crippen molar-refractivity contribution in [2.24, 2.45) is 0 Å². The zero-order valence-electron chi connectivity index (χ0n) is 11.1. The van der Waals surface area contributed by atoms with Crippen LogP contribution in [0.2, 0.25) is 0 Å². The lowest BCUT2D eigenvalue weighted by Gasteiger charge is -2.11. The van der Waals surface area contributed by atoms with E-state index in [0.717, 1.165) is 9.86 Å². The summed E-state index contributed by atoms with van der Waals surface area (Å²) in [6.45, 7) is 1.81. The van der Waals surface area contributed by atoms with Gasteiger partial charge >= 0.3 is 5.97 Å². The standard InChI is InChI=1S/C15H13BrO4/c1-3-20-15(18)14(17)13-11-6-5-10(16)8-9(11)4-7-12(13)19-2/h4-8H,3H2,1-2H3. The zero-order chi connectivity index (χ0) is 14.7. The Bertz CT molecular complexity index is 679. The van der Waals surface area contributed by atoms with E-state index in [9.17, 15) is 9.59 Å². The summed E-state index contributed by atoms with van der Waals surface area (Å²) in [5.41, 5.74) is 0.232. The fourth-order valence-corrected chi connectivity index (χ4v) is 2.36. The molecule has 0 amide bonds. The maximum absolute atomic E-state index is 12.2. The number of methoxy groups -OCH3 is 1. The number of benzene rings is 2. The Labute approximate surface area is 124 Å². The summed E-state index contributed by atoms with van der Waals surface area (Å²) in [5.74, 6) is -1.21. The van der Waals surface area contributed by atoms with Crippen molar-refractivity contribution >= 4 is 38.5 Å². The summed E-state index contributed by atoms with van der Waals surface area (Å²) >= 11 is 3.38. The van der Waals surface area contributed by atoms with Crippen molar-refractivity contribution in [3.05, 3.63) is 40.4 Å². The first-order chi connectivity index (χ1) is 9.58. The minimum atomic E-state index is -0.874. The van der Waals surface area contributed by atoms with E-state index in [4.69, 9.17) is 9.47 Å². The molecule has 2 aromatic rings. The van der Waals surface area contributed by atoms with Crippen LogP contribution in [0.1, 0.15) is 17.3 Å². The third kappa shape index (κ3) is 2.67. The molecule has 2 rings (SSSR count). The molecule has 0 saturated carbocycles. The third-order valence-electron chi connectivity index (χ3n) is 2.85. The molecule has 0 saturated heterocycles. The van der Waals surface area contributed by atoms with Crippen molar-refractivity contribution in [1.29, 1.82) is 0 Å². The number of rotatable bonds is 4. The minimum absolute atomic E-state index is 0.156. The number of ether oxygens (including phenoxy) is 2. The Balaban J connectivity index is 2.65. The molecule has 0 unspecified atom stereocenters. The van der Waals surface area contributed by atoms with Crippen molar-refractivity contribution in [2.45, 2.75) is 6.92 Å². The highest BCUT2D eigenvalue weighted by Crippen LogP contribution is 2.30. The van der Waals surface area contributed by atoms with Gasteiger partial charge in [-0.05, 0) is 35.9 Å². The zero-order valence-corrected chi connectivity index (χ0v) is 12.7. The van der Waals surface area contributed by atoms with E-state index in [1.165, 1.54) is 7.11 Å². The maximum Gasteiger partial charge on any atom is 0.379 e. The average Bonchev–Trinajstić information content (AvgIpc) is 2.45. The molecule has 0 fully saturated rings. The number of carbonyl (C=O) groups is 2. The number of halogens is 1. The molecule has 5 heteroatoms. The first-order valence-electron chi connectivity index (χ1n) is 6.06. The van der Waals surface area contributed by atoms with Crippen molar-refractivity contribution in [3.63, 3.8) is 0 Å². The summed E-state index contributed by atoms with van der Waals surface area (Å²) < 4.78 is 10.9. The minimum Gasteiger partial charge on any atom is -0.496 e. The number of hydrogen-bond donors (Lipinski definition) is 0. The SMILES string of the molecule is CCOC(=O)C(=O)c1c(OC)ccc2cc(Br)ccc12. The second kappa shape index (κ2) is 6.05. The van der Waals surface area contributed by atoms with Gasteiger partial charge in [0.2, 0.25) is 0 Å². The second-order valence-corrected chi connectivity index (χ2v) is 4.97. The molecule has 4 nitrogen and oxygen atoms in total. The number of carbonyl (C=O) groups excluding carboxylic acids is 2. The number of Topliss-reactive ketones (excluding diaryl/α,β-unsaturated/α-hetero) is 1. The summed E-state index contributed by atoms with van der Waals surface area (Å²) in [6, 6.07) is 8.96. The van der Waals surface area contributed by atoms with E-state index < -0.39 is 11.8 Å². The van der Waals surface area contributed by atoms with Crippen molar-refractivity contribution in [3.8, 4) is 5.75 Å². The van der Waals surface area contributed by atoms with Gasteiger partial charge in [-0.2, -0.15) is 0 Å². The molecule has 0 aliphatic rings. The van der Waals surface area contributed by atoms with Crippen molar-refractivity contribution in [1.82, 2.24) is 0 Å². The summed E-state index contributed by atoms with van der Waals surface area (Å²) in [7, 11) is 1.46. The molecule has 0 spiro atoms. The van der Waals surface area contributed by atoms with Crippen LogP contribution in [0.3, 0.4) is 0 Å². The van der Waals surface area contributed by atoms with Crippen LogP contribution in [0.5, 0.6) is 5.75 Å². The molecule has 20 heavy (non-hydrogen) atoms. The van der Waals surface area contributed by atoms with E-state index in [1.54, 1.807) is 19.1 Å². The van der Waals surface area contributed by atoms with E-state index >= 15 is 0 Å². The van der Waals surface area contributed by atoms with Gasteiger partial charge in [0.1, 0.15) is 5.75 Å². The highest BCUT2D eigenvalue weighted by atomic mass is 79.9. The lowest BCUT2D eigenvalue weighted by molar-refractivity contribution is -0.137. The van der Waals surface area contributed by atoms with Crippen molar-refractivity contribution in [2.75, 3.05) is 13.7 Å². The molecule has 0 radical (unpaired) electrons. The van der Waals surface area contributed by atoms with Gasteiger partial charge in [0.15, 0.2) is 0 Å². The number of esters is 1. The van der Waals surface area contributed by atoms with Gasteiger partial charge in [-0.15, -0.1) is 0 Å². The van der Waals surface area contributed by atoms with E-state index in [-0.39, 0.29) is 12.2 Å². The molecule has 0 heterocycles. The van der Waals surface area contributed by atoms with E-state index in [2.05, 4.69) is 15.9 Å². The van der Waals surface area contributed by atoms with Gasteiger partial charge in [-0.1, -0.05) is 28.1 Å². The first kappa shape index (κ1) is 14.5. The Morgan fingerprint density at radius 1 is 1.20 bits per heavy atom.